The fourth-order valence-electron chi connectivity index (χ4n) is 11.0. The topological polar surface area (TPSA) is 54.4 Å². The molecule has 0 amide bonds. The zero-order valence-corrected chi connectivity index (χ0v) is 21.9. The molecule has 33 heavy (non-hydrogen) atoms. The standard InChI is InChI=1S/C30H46O3/c1-19(8-7-9-20(2)25(32)33)21-12-14-28(6)23-11-10-22-26(3,4)24(31)13-15-29(22)18-30(23,29)17-16-27(21,28)5/h9,19,21-23H,7-8,10-18H2,1-6H3,(H,32,33)/b20-9-/t19-,21-,22+,23+,27-,28+,29-,30+/m1/s1. The second kappa shape index (κ2) is 7.20. The molecule has 2 spiro atoms. The van der Waals surface area contributed by atoms with Crippen molar-refractivity contribution in [3.8, 4) is 0 Å². The Morgan fingerprint density at radius 1 is 1.00 bits per heavy atom. The van der Waals surface area contributed by atoms with E-state index in [0.29, 0.717) is 44.9 Å². The highest BCUT2D eigenvalue weighted by molar-refractivity contribution is 5.86. The Kier molecular flexibility index (Phi) is 5.15. The summed E-state index contributed by atoms with van der Waals surface area (Å²) in [5, 5.41) is 9.17. The van der Waals surface area contributed by atoms with Crippen LogP contribution in [0, 0.1) is 50.7 Å². The number of Topliss-reactive ketones (excluding diaryl/α,β-unsaturated/α-hetero) is 1. The van der Waals surface area contributed by atoms with Crippen LogP contribution in [0.4, 0.5) is 0 Å². The maximum Gasteiger partial charge on any atom is 0.330 e. The molecule has 0 radical (unpaired) electrons. The van der Waals surface area contributed by atoms with Crippen LogP contribution in [0.2, 0.25) is 0 Å². The number of carboxylic acid groups (broad SMARTS) is 1. The van der Waals surface area contributed by atoms with Crippen molar-refractivity contribution in [2.75, 3.05) is 0 Å². The van der Waals surface area contributed by atoms with Gasteiger partial charge in [0.15, 0.2) is 0 Å². The molecular formula is C30H46O3. The molecule has 0 saturated heterocycles. The predicted molar refractivity (Wildman–Crippen MR) is 132 cm³/mol. The first-order valence-corrected chi connectivity index (χ1v) is 13.8. The minimum absolute atomic E-state index is 0.122. The predicted octanol–water partition coefficient (Wildman–Crippen LogP) is 7.44. The van der Waals surface area contributed by atoms with Gasteiger partial charge in [-0.25, -0.2) is 4.79 Å². The Balaban J connectivity index is 1.37. The molecule has 1 N–H and O–H groups in total. The third kappa shape index (κ3) is 2.86. The molecule has 0 aromatic heterocycles. The molecule has 0 heterocycles. The summed E-state index contributed by atoms with van der Waals surface area (Å²) in [6, 6.07) is 0. The molecule has 8 atom stereocenters. The summed E-state index contributed by atoms with van der Waals surface area (Å²) >= 11 is 0. The summed E-state index contributed by atoms with van der Waals surface area (Å²) in [6.45, 7) is 13.9. The summed E-state index contributed by atoms with van der Waals surface area (Å²) in [6.07, 6.45) is 15.3. The third-order valence-corrected chi connectivity index (χ3v) is 13.0. The number of carboxylic acids is 1. The van der Waals surface area contributed by atoms with Crippen LogP contribution in [0.1, 0.15) is 112 Å². The van der Waals surface area contributed by atoms with Crippen molar-refractivity contribution in [2.45, 2.75) is 112 Å². The number of ketones is 1. The van der Waals surface area contributed by atoms with Crippen molar-refractivity contribution in [3.63, 3.8) is 0 Å². The van der Waals surface area contributed by atoms with E-state index in [1.54, 1.807) is 6.92 Å². The van der Waals surface area contributed by atoms with E-state index in [1.807, 2.05) is 6.08 Å². The highest BCUT2D eigenvalue weighted by Crippen LogP contribution is 2.88. The van der Waals surface area contributed by atoms with Crippen molar-refractivity contribution in [1.82, 2.24) is 0 Å². The van der Waals surface area contributed by atoms with Crippen molar-refractivity contribution < 1.29 is 14.7 Å². The van der Waals surface area contributed by atoms with Crippen molar-refractivity contribution >= 4 is 11.8 Å². The Bertz CT molecular complexity index is 900. The lowest BCUT2D eigenvalue weighted by atomic mass is 9.42. The molecule has 0 bridgehead atoms. The Labute approximate surface area is 201 Å². The lowest BCUT2D eigenvalue weighted by Crippen LogP contribution is -2.57. The van der Waals surface area contributed by atoms with Crippen LogP contribution in [0.5, 0.6) is 0 Å². The summed E-state index contributed by atoms with van der Waals surface area (Å²) in [5.74, 6) is 2.55. The third-order valence-electron chi connectivity index (χ3n) is 13.0. The number of rotatable bonds is 5. The summed E-state index contributed by atoms with van der Waals surface area (Å²) in [5.41, 5.74) is 2.14. The maximum atomic E-state index is 12.8. The molecule has 0 aromatic rings. The molecule has 0 aromatic carbocycles. The van der Waals surface area contributed by atoms with Crippen LogP contribution in [0.15, 0.2) is 11.6 Å². The number of carbonyl (C=O) groups is 2. The van der Waals surface area contributed by atoms with Crippen LogP contribution >= 0.6 is 0 Å². The molecule has 3 heteroatoms. The van der Waals surface area contributed by atoms with Gasteiger partial charge in [0.1, 0.15) is 5.78 Å². The first-order chi connectivity index (χ1) is 15.4. The van der Waals surface area contributed by atoms with Gasteiger partial charge in [-0.2, -0.15) is 0 Å². The number of allylic oxidation sites excluding steroid dienone is 1. The van der Waals surface area contributed by atoms with Crippen LogP contribution in [0.3, 0.4) is 0 Å². The van der Waals surface area contributed by atoms with Crippen molar-refractivity contribution in [3.05, 3.63) is 11.6 Å². The Morgan fingerprint density at radius 2 is 1.67 bits per heavy atom. The molecule has 0 unspecified atom stereocenters. The van der Waals surface area contributed by atoms with Crippen molar-refractivity contribution in [2.24, 2.45) is 50.7 Å². The number of hydrogen-bond donors (Lipinski definition) is 1. The first kappa shape index (κ1) is 23.6. The van der Waals surface area contributed by atoms with Gasteiger partial charge < -0.3 is 5.11 Å². The lowest BCUT2D eigenvalue weighted by Gasteiger charge is -2.62. The highest BCUT2D eigenvalue weighted by Gasteiger charge is 2.82. The average Bonchev–Trinajstić information content (AvgIpc) is 3.33. The van der Waals surface area contributed by atoms with E-state index in [9.17, 15) is 9.59 Å². The van der Waals surface area contributed by atoms with Gasteiger partial charge >= 0.3 is 5.97 Å². The Morgan fingerprint density at radius 3 is 2.36 bits per heavy atom. The monoisotopic (exact) mass is 454 g/mol. The molecule has 5 fully saturated rings. The van der Waals surface area contributed by atoms with E-state index in [0.717, 1.165) is 37.5 Å². The number of fused-ring (bicyclic) bond motifs is 2. The van der Waals surface area contributed by atoms with E-state index < -0.39 is 5.97 Å². The zero-order chi connectivity index (χ0) is 24.0. The second-order valence-corrected chi connectivity index (χ2v) is 14.0. The maximum absolute atomic E-state index is 12.8. The molecule has 5 aliphatic carbocycles. The summed E-state index contributed by atoms with van der Waals surface area (Å²) in [7, 11) is 0. The van der Waals surface area contributed by atoms with Gasteiger partial charge in [0.05, 0.1) is 0 Å². The molecule has 5 saturated carbocycles. The quantitative estimate of drug-likeness (QED) is 0.439. The average molecular weight is 455 g/mol. The fraction of sp³-hybridized carbons (Fsp3) is 0.867. The smallest absolute Gasteiger partial charge is 0.330 e. The first-order valence-electron chi connectivity index (χ1n) is 13.8. The number of aliphatic carboxylic acids is 1. The molecule has 3 nitrogen and oxygen atoms in total. The molecular weight excluding hydrogens is 408 g/mol. The number of carbonyl (C=O) groups excluding carboxylic acids is 1. The van der Waals surface area contributed by atoms with Gasteiger partial charge in [0.25, 0.3) is 0 Å². The van der Waals surface area contributed by atoms with E-state index in [4.69, 9.17) is 5.11 Å². The SMILES string of the molecule is C/C(=C/CC[C@@H](C)[C@H]1CC[C@@]2(C)[C@@H]3CC[C@H]4C(C)(C)C(=O)CC[C@@]45C[C@@]35CC[C@]12C)C(=O)O. The highest BCUT2D eigenvalue weighted by atomic mass is 16.4. The van der Waals surface area contributed by atoms with Gasteiger partial charge in [-0.15, -0.1) is 0 Å². The minimum atomic E-state index is -0.790. The van der Waals surface area contributed by atoms with Gasteiger partial charge in [0, 0.05) is 17.4 Å². The van der Waals surface area contributed by atoms with Gasteiger partial charge in [-0.1, -0.05) is 40.7 Å². The summed E-state index contributed by atoms with van der Waals surface area (Å²) < 4.78 is 0. The van der Waals surface area contributed by atoms with Gasteiger partial charge in [-0.05, 0) is 116 Å². The van der Waals surface area contributed by atoms with Crippen LogP contribution in [-0.2, 0) is 9.59 Å². The minimum Gasteiger partial charge on any atom is -0.478 e. The van der Waals surface area contributed by atoms with E-state index in [1.165, 1.54) is 44.9 Å². The fourth-order valence-corrected chi connectivity index (χ4v) is 11.0. The zero-order valence-electron chi connectivity index (χ0n) is 21.9. The van der Waals surface area contributed by atoms with Crippen LogP contribution < -0.4 is 0 Å². The van der Waals surface area contributed by atoms with E-state index in [2.05, 4.69) is 34.6 Å². The van der Waals surface area contributed by atoms with Crippen LogP contribution in [-0.4, -0.2) is 16.9 Å². The molecule has 5 aliphatic rings. The second-order valence-electron chi connectivity index (χ2n) is 14.0. The molecule has 184 valence electrons. The van der Waals surface area contributed by atoms with Gasteiger partial charge in [0.2, 0.25) is 0 Å². The van der Waals surface area contributed by atoms with Crippen molar-refractivity contribution in [1.29, 1.82) is 0 Å². The van der Waals surface area contributed by atoms with Crippen LogP contribution in [0.25, 0.3) is 0 Å². The normalized spacial score (nSPS) is 48.8. The Hall–Kier alpha value is -1.12. The van der Waals surface area contributed by atoms with E-state index in [-0.39, 0.29) is 5.41 Å². The van der Waals surface area contributed by atoms with E-state index >= 15 is 0 Å². The largest absolute Gasteiger partial charge is 0.478 e. The van der Waals surface area contributed by atoms with Gasteiger partial charge in [-0.3, -0.25) is 4.79 Å². The number of hydrogen-bond acceptors (Lipinski definition) is 2. The molecule has 0 aliphatic heterocycles. The lowest BCUT2D eigenvalue weighted by molar-refractivity contribution is -0.157. The molecule has 5 rings (SSSR count). The summed E-state index contributed by atoms with van der Waals surface area (Å²) in [4.78, 5) is 24.0.